The number of benzene rings is 1. The average molecular weight is 698 g/mol. The average Bonchev–Trinajstić information content (AvgIpc) is 3.80. The van der Waals surface area contributed by atoms with Gasteiger partial charge in [0.2, 0.25) is 0 Å². The molecule has 0 spiro atoms. The van der Waals surface area contributed by atoms with Crippen LogP contribution in [0.3, 0.4) is 0 Å². The van der Waals surface area contributed by atoms with Gasteiger partial charge in [-0.1, -0.05) is 19.6 Å². The summed E-state index contributed by atoms with van der Waals surface area (Å²) in [5, 5.41) is 13.1. The van der Waals surface area contributed by atoms with Crippen molar-refractivity contribution < 1.29 is 33.3 Å². The van der Waals surface area contributed by atoms with Crippen molar-refractivity contribution in [3.05, 3.63) is 35.5 Å². The standard InChI is InChI=1S/C36H52FN5O6Si/c1-22-30(34(43)40-24-11-13-25(14-12-24)42(35(44)45)36(2,3)4)32-33(41(22)21-47-15-16-49(6,7)8)31(38-20-39-32)26-17-27(37)29(46-5)18-28(26)48-19-23-9-10-23/h17-18,20,23-25H,9-16,19,21H2,1-8H3,(H,40,43)(H,44,45)/t24-,25-. The lowest BCUT2D eigenvalue weighted by atomic mass is 9.88. The smallest absolute Gasteiger partial charge is 0.407 e. The third-order valence-corrected chi connectivity index (χ3v) is 11.3. The van der Waals surface area contributed by atoms with Crippen LogP contribution in [0, 0.1) is 18.7 Å². The van der Waals surface area contributed by atoms with Crippen LogP contribution in [0.4, 0.5) is 9.18 Å². The Hall–Kier alpha value is -3.71. The minimum Gasteiger partial charge on any atom is -0.494 e. The van der Waals surface area contributed by atoms with Crippen molar-refractivity contribution in [2.45, 2.75) is 116 Å². The third-order valence-electron chi connectivity index (χ3n) is 9.55. The zero-order valence-electron chi connectivity index (χ0n) is 30.2. The molecule has 13 heteroatoms. The lowest BCUT2D eigenvalue weighted by Gasteiger charge is -2.42. The highest BCUT2D eigenvalue weighted by Crippen LogP contribution is 2.41. The largest absolute Gasteiger partial charge is 0.494 e. The predicted molar refractivity (Wildman–Crippen MR) is 190 cm³/mol. The number of carboxylic acid groups (broad SMARTS) is 1. The molecule has 2 aliphatic carbocycles. The number of carbonyl (C=O) groups excluding carboxylic acids is 1. The van der Waals surface area contributed by atoms with Gasteiger partial charge in [-0.25, -0.2) is 19.2 Å². The Bertz CT molecular complexity index is 1670. The predicted octanol–water partition coefficient (Wildman–Crippen LogP) is 7.48. The van der Waals surface area contributed by atoms with Gasteiger partial charge in [0.15, 0.2) is 11.6 Å². The van der Waals surface area contributed by atoms with Crippen molar-refractivity contribution in [2.24, 2.45) is 5.92 Å². The summed E-state index contributed by atoms with van der Waals surface area (Å²) in [5.74, 6) is 0.166. The second kappa shape index (κ2) is 14.6. The van der Waals surface area contributed by atoms with E-state index in [-0.39, 0.29) is 30.5 Å². The van der Waals surface area contributed by atoms with Crippen molar-refractivity contribution >= 4 is 31.1 Å². The monoisotopic (exact) mass is 697 g/mol. The Labute approximate surface area is 289 Å². The molecule has 0 unspecified atom stereocenters. The first-order chi connectivity index (χ1) is 23.1. The first-order valence-electron chi connectivity index (χ1n) is 17.3. The minimum absolute atomic E-state index is 0.0739. The molecule has 2 N–H and O–H groups in total. The number of rotatable bonds is 13. The molecular weight excluding hydrogens is 646 g/mol. The van der Waals surface area contributed by atoms with Gasteiger partial charge in [-0.05, 0) is 84.2 Å². The van der Waals surface area contributed by atoms with E-state index in [0.717, 1.165) is 18.9 Å². The molecule has 5 rings (SSSR count). The summed E-state index contributed by atoms with van der Waals surface area (Å²) in [6, 6.07) is 3.67. The zero-order valence-corrected chi connectivity index (χ0v) is 31.2. The van der Waals surface area contributed by atoms with Crippen LogP contribution in [-0.2, 0) is 11.5 Å². The second-order valence-electron chi connectivity index (χ2n) is 15.7. The van der Waals surface area contributed by atoms with Crippen molar-refractivity contribution in [2.75, 3.05) is 20.3 Å². The lowest BCUT2D eigenvalue weighted by Crippen LogP contribution is -2.53. The summed E-state index contributed by atoms with van der Waals surface area (Å²) in [6.45, 7) is 15.7. The van der Waals surface area contributed by atoms with E-state index >= 15 is 4.39 Å². The fourth-order valence-corrected chi connectivity index (χ4v) is 7.43. The summed E-state index contributed by atoms with van der Waals surface area (Å²) >= 11 is 0. The molecule has 0 saturated heterocycles. The number of hydrogen-bond acceptors (Lipinski definition) is 7. The number of nitrogens with zero attached hydrogens (tertiary/aromatic N) is 4. The van der Waals surface area contributed by atoms with E-state index in [1.54, 1.807) is 6.07 Å². The molecule has 2 saturated carbocycles. The zero-order chi connectivity index (χ0) is 35.7. The van der Waals surface area contributed by atoms with Crippen molar-refractivity contribution in [3.8, 4) is 22.8 Å². The van der Waals surface area contributed by atoms with E-state index < -0.39 is 25.5 Å². The lowest BCUT2D eigenvalue weighted by molar-refractivity contribution is 0.0519. The van der Waals surface area contributed by atoms with Gasteiger partial charge in [-0.3, -0.25) is 4.79 Å². The van der Waals surface area contributed by atoms with Crippen LogP contribution in [0.15, 0.2) is 18.5 Å². The molecule has 0 radical (unpaired) electrons. The minimum atomic E-state index is -1.36. The van der Waals surface area contributed by atoms with Crippen LogP contribution < -0.4 is 14.8 Å². The fourth-order valence-electron chi connectivity index (χ4n) is 6.67. The summed E-state index contributed by atoms with van der Waals surface area (Å²) in [5.41, 5.74) is 2.43. The molecule has 11 nitrogen and oxygen atoms in total. The Morgan fingerprint density at radius 3 is 2.37 bits per heavy atom. The number of ether oxygens (including phenoxy) is 3. The molecular formula is C36H52FN5O6Si. The van der Waals surface area contributed by atoms with Crippen molar-refractivity contribution in [1.29, 1.82) is 0 Å². The van der Waals surface area contributed by atoms with Crippen LogP contribution in [0.5, 0.6) is 11.5 Å². The number of fused-ring (bicyclic) bond motifs is 1. The molecule has 2 amide bonds. The number of aromatic nitrogens is 3. The normalized spacial score (nSPS) is 18.4. The number of hydrogen-bond donors (Lipinski definition) is 2. The number of methoxy groups -OCH3 is 1. The van der Waals surface area contributed by atoms with Crippen LogP contribution >= 0.6 is 0 Å². The van der Waals surface area contributed by atoms with E-state index in [1.165, 1.54) is 24.4 Å². The van der Waals surface area contributed by atoms with Crippen LogP contribution in [0.2, 0.25) is 25.7 Å². The quantitative estimate of drug-likeness (QED) is 0.139. The van der Waals surface area contributed by atoms with E-state index in [9.17, 15) is 14.7 Å². The van der Waals surface area contributed by atoms with E-state index in [1.807, 2.05) is 32.3 Å². The Morgan fingerprint density at radius 2 is 1.78 bits per heavy atom. The van der Waals surface area contributed by atoms with E-state index in [0.29, 0.717) is 84.1 Å². The van der Waals surface area contributed by atoms with Crippen molar-refractivity contribution in [3.63, 3.8) is 0 Å². The van der Waals surface area contributed by atoms with Gasteiger partial charge in [0, 0.05) is 49.6 Å². The maximum atomic E-state index is 15.3. The summed E-state index contributed by atoms with van der Waals surface area (Å²) in [4.78, 5) is 37.0. The molecule has 2 aliphatic rings. The molecule has 268 valence electrons. The fraction of sp³-hybridized carbons (Fsp3) is 0.611. The number of carbonyl (C=O) groups is 2. The molecule has 1 aromatic carbocycles. The van der Waals surface area contributed by atoms with E-state index in [4.69, 9.17) is 14.2 Å². The van der Waals surface area contributed by atoms with Gasteiger partial charge in [0.25, 0.3) is 5.91 Å². The summed E-state index contributed by atoms with van der Waals surface area (Å²) in [6.07, 6.45) is 5.27. The topological polar surface area (TPSA) is 128 Å². The van der Waals surface area contributed by atoms with E-state index in [2.05, 4.69) is 34.9 Å². The highest BCUT2D eigenvalue weighted by atomic mass is 28.3. The Morgan fingerprint density at radius 1 is 1.08 bits per heavy atom. The van der Waals surface area contributed by atoms with Crippen LogP contribution in [-0.4, -0.2) is 82.6 Å². The first kappa shape index (κ1) is 36.6. The Balaban J connectivity index is 1.50. The van der Waals surface area contributed by atoms with Gasteiger partial charge in [-0.2, -0.15) is 0 Å². The summed E-state index contributed by atoms with van der Waals surface area (Å²) < 4.78 is 34.9. The molecule has 2 fully saturated rings. The number of halogens is 1. The summed E-state index contributed by atoms with van der Waals surface area (Å²) in [7, 11) is 0.0606. The van der Waals surface area contributed by atoms with Gasteiger partial charge in [-0.15, -0.1) is 0 Å². The van der Waals surface area contributed by atoms with Crippen LogP contribution in [0.1, 0.15) is 75.3 Å². The second-order valence-corrected chi connectivity index (χ2v) is 21.3. The third kappa shape index (κ3) is 8.54. The van der Waals surface area contributed by atoms with Gasteiger partial charge < -0.3 is 34.1 Å². The van der Waals surface area contributed by atoms with Gasteiger partial charge in [0.05, 0.1) is 24.8 Å². The number of nitrogens with one attached hydrogen (secondary N) is 1. The maximum absolute atomic E-state index is 15.3. The molecule has 0 atom stereocenters. The Kier molecular flexibility index (Phi) is 10.9. The van der Waals surface area contributed by atoms with Gasteiger partial charge >= 0.3 is 6.09 Å². The van der Waals surface area contributed by atoms with Crippen LogP contribution in [0.25, 0.3) is 22.3 Å². The van der Waals surface area contributed by atoms with Crippen molar-refractivity contribution in [1.82, 2.24) is 24.8 Å². The molecule has 0 bridgehead atoms. The first-order valence-corrected chi connectivity index (χ1v) is 21.0. The molecule has 0 aliphatic heterocycles. The molecule has 2 aromatic heterocycles. The molecule has 3 aromatic rings. The highest BCUT2D eigenvalue weighted by Gasteiger charge is 2.36. The number of amides is 2. The maximum Gasteiger partial charge on any atom is 0.407 e. The SMILES string of the molecule is COc1cc(OCC2CC2)c(-c2ncnc3c(C(=O)N[C@H]4CC[C@H](N(C(=O)O)C(C)(C)C)CC4)c(C)n(COCC[Si](C)(C)C)c23)cc1F. The molecule has 49 heavy (non-hydrogen) atoms. The van der Waals surface area contributed by atoms with Gasteiger partial charge in [0.1, 0.15) is 30.0 Å². The molecule has 2 heterocycles. The highest BCUT2D eigenvalue weighted by molar-refractivity contribution is 6.76.